The van der Waals surface area contributed by atoms with Crippen molar-refractivity contribution in [2.45, 2.75) is 19.8 Å². The van der Waals surface area contributed by atoms with Crippen LogP contribution < -0.4 is 11.1 Å². The summed E-state index contributed by atoms with van der Waals surface area (Å²) in [4.78, 5) is 4.24. The molecule has 0 amide bonds. The minimum atomic E-state index is 0.693. The number of nitrogen functional groups attached to an aromatic ring is 1. The summed E-state index contributed by atoms with van der Waals surface area (Å²) in [6, 6.07) is 1.92. The fraction of sp³-hybridized carbons (Fsp3) is 0.583. The van der Waals surface area contributed by atoms with Crippen molar-refractivity contribution in [1.82, 2.24) is 4.98 Å². The lowest BCUT2D eigenvalue weighted by Crippen LogP contribution is -2.11. The van der Waals surface area contributed by atoms with Crippen LogP contribution in [0.15, 0.2) is 12.3 Å². The van der Waals surface area contributed by atoms with E-state index in [-0.39, 0.29) is 0 Å². The smallest absolute Gasteiger partial charge is 0.149 e. The molecule has 1 aromatic heterocycles. The van der Waals surface area contributed by atoms with Crippen LogP contribution in [0.4, 0.5) is 11.5 Å². The molecule has 4 heteroatoms. The van der Waals surface area contributed by atoms with Crippen LogP contribution in [0.5, 0.6) is 0 Å². The van der Waals surface area contributed by atoms with E-state index in [9.17, 15) is 0 Å². The Hall–Kier alpha value is -1.29. The van der Waals surface area contributed by atoms with Crippen molar-refractivity contribution in [2.75, 3.05) is 30.8 Å². The number of nitrogens with zero attached hydrogens (tertiary/aromatic N) is 1. The first-order valence-electron chi connectivity index (χ1n) is 5.80. The molecule has 16 heavy (non-hydrogen) atoms. The molecule has 0 radical (unpaired) electrons. The van der Waals surface area contributed by atoms with Crippen LogP contribution in [0.3, 0.4) is 0 Å². The van der Waals surface area contributed by atoms with E-state index in [1.165, 1.54) is 6.42 Å². The molecule has 1 aromatic rings. The highest BCUT2D eigenvalue weighted by atomic mass is 16.5. The van der Waals surface area contributed by atoms with Gasteiger partial charge < -0.3 is 15.8 Å². The Balaban J connectivity index is 1.82. The van der Waals surface area contributed by atoms with Gasteiger partial charge in [-0.25, -0.2) is 4.98 Å². The van der Waals surface area contributed by atoms with Crippen molar-refractivity contribution in [1.29, 1.82) is 0 Å². The Kier molecular flexibility index (Phi) is 3.62. The van der Waals surface area contributed by atoms with Gasteiger partial charge in [0.2, 0.25) is 0 Å². The summed E-state index contributed by atoms with van der Waals surface area (Å²) < 4.78 is 5.33. The molecule has 1 aliphatic heterocycles. The van der Waals surface area contributed by atoms with E-state index >= 15 is 0 Å². The zero-order valence-corrected chi connectivity index (χ0v) is 9.70. The maximum atomic E-state index is 5.93. The topological polar surface area (TPSA) is 60.2 Å². The minimum Gasteiger partial charge on any atom is -0.396 e. The summed E-state index contributed by atoms with van der Waals surface area (Å²) in [7, 11) is 0. The Morgan fingerprint density at radius 3 is 3.25 bits per heavy atom. The highest BCUT2D eigenvalue weighted by molar-refractivity contribution is 5.64. The van der Waals surface area contributed by atoms with E-state index in [1.807, 2.05) is 13.0 Å². The van der Waals surface area contributed by atoms with Gasteiger partial charge in [-0.1, -0.05) is 0 Å². The van der Waals surface area contributed by atoms with Crippen LogP contribution in [-0.4, -0.2) is 24.7 Å². The number of ether oxygens (including phenoxy) is 1. The van der Waals surface area contributed by atoms with Gasteiger partial charge in [0.25, 0.3) is 0 Å². The van der Waals surface area contributed by atoms with Crippen LogP contribution >= 0.6 is 0 Å². The summed E-state index contributed by atoms with van der Waals surface area (Å²) in [5.74, 6) is 1.50. The molecule has 0 spiro atoms. The molecule has 0 bridgehead atoms. The lowest BCUT2D eigenvalue weighted by Gasteiger charge is -2.11. The average Bonchev–Trinajstić information content (AvgIpc) is 2.77. The van der Waals surface area contributed by atoms with Crippen molar-refractivity contribution >= 4 is 11.5 Å². The summed E-state index contributed by atoms with van der Waals surface area (Å²) in [6.07, 6.45) is 4.08. The zero-order chi connectivity index (χ0) is 11.4. The van der Waals surface area contributed by atoms with E-state index in [4.69, 9.17) is 10.5 Å². The first-order valence-corrected chi connectivity index (χ1v) is 5.80. The normalized spacial score (nSPS) is 19.9. The van der Waals surface area contributed by atoms with Crippen molar-refractivity contribution in [2.24, 2.45) is 5.92 Å². The second kappa shape index (κ2) is 5.16. The van der Waals surface area contributed by atoms with Gasteiger partial charge in [0, 0.05) is 26.0 Å². The molecule has 2 rings (SSSR count). The fourth-order valence-electron chi connectivity index (χ4n) is 1.92. The minimum absolute atomic E-state index is 0.693. The third-order valence-corrected chi connectivity index (χ3v) is 3.08. The number of aryl methyl sites for hydroxylation is 1. The van der Waals surface area contributed by atoms with E-state index in [2.05, 4.69) is 10.3 Å². The standard InChI is InChI=1S/C12H19N3O/c1-9-2-5-14-12(11(9)13)15-6-3-10-4-7-16-8-10/h2,5,10H,3-4,6-8,13H2,1H3,(H,14,15). The van der Waals surface area contributed by atoms with Crippen molar-refractivity contribution in [3.8, 4) is 0 Å². The number of rotatable bonds is 4. The van der Waals surface area contributed by atoms with Gasteiger partial charge in [-0.3, -0.25) is 0 Å². The number of nitrogens with two attached hydrogens (primary N) is 1. The number of hydrogen-bond donors (Lipinski definition) is 2. The molecule has 1 unspecified atom stereocenters. The predicted molar refractivity (Wildman–Crippen MR) is 65.4 cm³/mol. The van der Waals surface area contributed by atoms with Crippen LogP contribution in [0.2, 0.25) is 0 Å². The molecule has 1 saturated heterocycles. The summed E-state index contributed by atoms with van der Waals surface area (Å²) in [5, 5.41) is 3.29. The average molecular weight is 221 g/mol. The van der Waals surface area contributed by atoms with Crippen LogP contribution in [-0.2, 0) is 4.74 Å². The van der Waals surface area contributed by atoms with Gasteiger partial charge in [-0.05, 0) is 37.3 Å². The van der Waals surface area contributed by atoms with Crippen LogP contribution in [0.25, 0.3) is 0 Å². The van der Waals surface area contributed by atoms with Gasteiger partial charge in [0.05, 0.1) is 5.69 Å². The molecule has 0 saturated carbocycles. The molecule has 1 fully saturated rings. The quantitative estimate of drug-likeness (QED) is 0.814. The Morgan fingerprint density at radius 2 is 2.50 bits per heavy atom. The summed E-state index contributed by atoms with van der Waals surface area (Å²) in [6.45, 7) is 4.72. The zero-order valence-electron chi connectivity index (χ0n) is 9.70. The van der Waals surface area contributed by atoms with Gasteiger partial charge in [0.1, 0.15) is 5.82 Å². The number of aromatic nitrogens is 1. The first-order chi connectivity index (χ1) is 7.77. The molecule has 1 aliphatic rings. The largest absolute Gasteiger partial charge is 0.396 e. The van der Waals surface area contributed by atoms with E-state index in [0.29, 0.717) is 5.92 Å². The van der Waals surface area contributed by atoms with Gasteiger partial charge >= 0.3 is 0 Å². The maximum Gasteiger partial charge on any atom is 0.149 e. The summed E-state index contributed by atoms with van der Waals surface area (Å²) >= 11 is 0. The number of hydrogen-bond acceptors (Lipinski definition) is 4. The molecule has 4 nitrogen and oxygen atoms in total. The molecular weight excluding hydrogens is 202 g/mol. The Bertz CT molecular complexity index is 348. The fourth-order valence-corrected chi connectivity index (χ4v) is 1.92. The first kappa shape index (κ1) is 11.2. The number of anilines is 2. The SMILES string of the molecule is Cc1ccnc(NCCC2CCOC2)c1N. The maximum absolute atomic E-state index is 5.93. The van der Waals surface area contributed by atoms with E-state index < -0.39 is 0 Å². The number of pyridine rings is 1. The van der Waals surface area contributed by atoms with Crippen molar-refractivity contribution in [3.63, 3.8) is 0 Å². The van der Waals surface area contributed by atoms with E-state index in [1.54, 1.807) is 6.20 Å². The Morgan fingerprint density at radius 1 is 1.62 bits per heavy atom. The van der Waals surface area contributed by atoms with Gasteiger partial charge in [-0.15, -0.1) is 0 Å². The lowest BCUT2D eigenvalue weighted by atomic mass is 10.1. The molecule has 0 aromatic carbocycles. The molecule has 0 aliphatic carbocycles. The van der Waals surface area contributed by atoms with E-state index in [0.717, 1.165) is 43.2 Å². The molecular formula is C12H19N3O. The second-order valence-electron chi connectivity index (χ2n) is 4.34. The highest BCUT2D eigenvalue weighted by Crippen LogP contribution is 2.20. The highest BCUT2D eigenvalue weighted by Gasteiger charge is 2.15. The van der Waals surface area contributed by atoms with Crippen LogP contribution in [0.1, 0.15) is 18.4 Å². The van der Waals surface area contributed by atoms with Gasteiger partial charge in [-0.2, -0.15) is 0 Å². The Labute approximate surface area is 96.2 Å². The third kappa shape index (κ3) is 2.64. The molecule has 3 N–H and O–H groups in total. The molecule has 88 valence electrons. The predicted octanol–water partition coefficient (Wildman–Crippen LogP) is 1.81. The van der Waals surface area contributed by atoms with Crippen molar-refractivity contribution < 1.29 is 4.74 Å². The lowest BCUT2D eigenvalue weighted by molar-refractivity contribution is 0.185. The summed E-state index contributed by atoms with van der Waals surface area (Å²) in [5.41, 5.74) is 7.75. The van der Waals surface area contributed by atoms with Crippen molar-refractivity contribution in [3.05, 3.63) is 17.8 Å². The number of nitrogens with one attached hydrogen (secondary N) is 1. The molecule has 2 heterocycles. The second-order valence-corrected chi connectivity index (χ2v) is 4.34. The monoisotopic (exact) mass is 221 g/mol. The molecule has 1 atom stereocenters. The van der Waals surface area contributed by atoms with Crippen LogP contribution in [0, 0.1) is 12.8 Å². The van der Waals surface area contributed by atoms with Gasteiger partial charge in [0.15, 0.2) is 0 Å². The third-order valence-electron chi connectivity index (χ3n) is 3.08.